The van der Waals surface area contributed by atoms with Crippen LogP contribution in [0.15, 0.2) is 77.4 Å². The minimum Gasteiger partial charge on any atom is -0.494 e. The monoisotopic (exact) mass is 447 g/mol. The maximum Gasteiger partial charge on any atom is 0.363 e. The highest BCUT2D eigenvalue weighted by atomic mass is 19.1. The molecule has 0 atom stereocenters. The Kier molecular flexibility index (Phi) is 6.69. The Hall–Kier alpha value is -4.13. The third-order valence-corrected chi connectivity index (χ3v) is 4.86. The summed E-state index contributed by atoms with van der Waals surface area (Å²) < 4.78 is 35.7. The van der Waals surface area contributed by atoms with E-state index in [1.807, 2.05) is 6.92 Å². The number of hydrogen-bond donors (Lipinski definition) is 0. The Balaban J connectivity index is 1.52. The summed E-state index contributed by atoms with van der Waals surface area (Å²) in [6.45, 7) is 2.54. The number of carbonyl (C=O) groups is 1. The van der Waals surface area contributed by atoms with Gasteiger partial charge < -0.3 is 18.9 Å². The zero-order valence-corrected chi connectivity index (χ0v) is 18.2. The molecule has 0 saturated carbocycles. The summed E-state index contributed by atoms with van der Waals surface area (Å²) in [5, 5.41) is 0. The molecule has 33 heavy (non-hydrogen) atoms. The number of nitrogens with zero attached hydrogens (tertiary/aromatic N) is 1. The van der Waals surface area contributed by atoms with Gasteiger partial charge in [-0.15, -0.1) is 0 Å². The summed E-state index contributed by atoms with van der Waals surface area (Å²) in [5.74, 6) is 0.979. The van der Waals surface area contributed by atoms with Gasteiger partial charge in [-0.05, 0) is 61.0 Å². The molecule has 0 fully saturated rings. The number of esters is 1. The van der Waals surface area contributed by atoms with Crippen molar-refractivity contribution in [3.8, 4) is 17.2 Å². The van der Waals surface area contributed by atoms with Crippen molar-refractivity contribution in [2.45, 2.75) is 13.5 Å². The second-order valence-electron chi connectivity index (χ2n) is 7.08. The molecule has 0 N–H and O–H groups in total. The standard InChI is InChI=1S/C26H22FNO5/c1-3-31-20-11-9-18(10-12-20)25-28-22(26(29)33-25)14-17-8-13-23(24(15-17)30-2)32-16-19-6-4-5-7-21(19)27/h4-15H,3,16H2,1-2H3/b22-14-. The highest BCUT2D eigenvalue weighted by Crippen LogP contribution is 2.30. The van der Waals surface area contributed by atoms with E-state index in [1.54, 1.807) is 66.7 Å². The molecule has 1 aliphatic heterocycles. The fraction of sp³-hybridized carbons (Fsp3) is 0.154. The van der Waals surface area contributed by atoms with Crippen LogP contribution in [-0.4, -0.2) is 25.6 Å². The second-order valence-corrected chi connectivity index (χ2v) is 7.08. The van der Waals surface area contributed by atoms with Crippen molar-refractivity contribution in [2.75, 3.05) is 13.7 Å². The Morgan fingerprint density at radius 1 is 1.00 bits per heavy atom. The smallest absolute Gasteiger partial charge is 0.363 e. The van der Waals surface area contributed by atoms with Gasteiger partial charge in [0.1, 0.15) is 18.2 Å². The molecule has 0 unspecified atom stereocenters. The molecule has 1 heterocycles. The first-order chi connectivity index (χ1) is 16.1. The van der Waals surface area contributed by atoms with Crippen molar-refractivity contribution in [2.24, 2.45) is 4.99 Å². The van der Waals surface area contributed by atoms with Crippen LogP contribution in [0.2, 0.25) is 0 Å². The first kappa shape index (κ1) is 22.1. The molecule has 1 aliphatic rings. The predicted molar refractivity (Wildman–Crippen MR) is 122 cm³/mol. The topological polar surface area (TPSA) is 66.3 Å². The Labute approximate surface area is 190 Å². The lowest BCUT2D eigenvalue weighted by molar-refractivity contribution is -0.129. The molecule has 7 heteroatoms. The minimum atomic E-state index is -0.544. The van der Waals surface area contributed by atoms with Crippen LogP contribution in [0.4, 0.5) is 4.39 Å². The molecule has 3 aromatic carbocycles. The van der Waals surface area contributed by atoms with Crippen molar-refractivity contribution >= 4 is 17.9 Å². The predicted octanol–water partition coefficient (Wildman–Crippen LogP) is 5.16. The number of carbonyl (C=O) groups excluding carboxylic acids is 1. The van der Waals surface area contributed by atoms with Gasteiger partial charge in [-0.3, -0.25) is 0 Å². The van der Waals surface area contributed by atoms with E-state index >= 15 is 0 Å². The summed E-state index contributed by atoms with van der Waals surface area (Å²) in [4.78, 5) is 16.6. The van der Waals surface area contributed by atoms with Crippen molar-refractivity contribution < 1.29 is 28.1 Å². The molecule has 0 aromatic heterocycles. The fourth-order valence-electron chi connectivity index (χ4n) is 3.22. The zero-order chi connectivity index (χ0) is 23.2. The molecule has 0 saturated heterocycles. The van der Waals surface area contributed by atoms with Crippen LogP contribution in [-0.2, 0) is 16.1 Å². The highest BCUT2D eigenvalue weighted by molar-refractivity contribution is 6.12. The van der Waals surface area contributed by atoms with E-state index in [2.05, 4.69) is 4.99 Å². The van der Waals surface area contributed by atoms with Gasteiger partial charge >= 0.3 is 5.97 Å². The van der Waals surface area contributed by atoms with Crippen molar-refractivity contribution in [3.05, 3.63) is 94.9 Å². The zero-order valence-electron chi connectivity index (χ0n) is 18.2. The molecule has 0 radical (unpaired) electrons. The third-order valence-electron chi connectivity index (χ3n) is 4.86. The van der Waals surface area contributed by atoms with Gasteiger partial charge in [0.2, 0.25) is 5.90 Å². The van der Waals surface area contributed by atoms with Crippen LogP contribution in [0.3, 0.4) is 0 Å². The molecule has 0 spiro atoms. The molecular weight excluding hydrogens is 425 g/mol. The number of halogens is 1. The lowest BCUT2D eigenvalue weighted by atomic mass is 10.1. The quantitative estimate of drug-likeness (QED) is 0.353. The van der Waals surface area contributed by atoms with Gasteiger partial charge in [0.05, 0.1) is 13.7 Å². The summed E-state index contributed by atoms with van der Waals surface area (Å²) in [6.07, 6.45) is 1.60. The fourth-order valence-corrected chi connectivity index (χ4v) is 3.22. The summed E-state index contributed by atoms with van der Waals surface area (Å²) in [6, 6.07) is 18.7. The maximum atomic E-state index is 13.8. The summed E-state index contributed by atoms with van der Waals surface area (Å²) >= 11 is 0. The number of hydrogen-bond acceptors (Lipinski definition) is 6. The second kappa shape index (κ2) is 9.99. The molecular formula is C26H22FNO5. The van der Waals surface area contributed by atoms with E-state index in [0.717, 1.165) is 5.75 Å². The van der Waals surface area contributed by atoms with Gasteiger partial charge in [-0.25, -0.2) is 14.2 Å². The average molecular weight is 447 g/mol. The van der Waals surface area contributed by atoms with Gasteiger partial charge in [0.15, 0.2) is 17.2 Å². The first-order valence-electron chi connectivity index (χ1n) is 10.4. The molecule has 0 amide bonds. The number of rotatable bonds is 8. The Bertz CT molecular complexity index is 1220. The van der Waals surface area contributed by atoms with Gasteiger partial charge in [0, 0.05) is 11.1 Å². The molecule has 168 valence electrons. The van der Waals surface area contributed by atoms with E-state index in [-0.39, 0.29) is 24.0 Å². The van der Waals surface area contributed by atoms with Crippen molar-refractivity contribution in [3.63, 3.8) is 0 Å². The van der Waals surface area contributed by atoms with Gasteiger partial charge in [-0.2, -0.15) is 0 Å². The van der Waals surface area contributed by atoms with E-state index in [1.165, 1.54) is 13.2 Å². The van der Waals surface area contributed by atoms with Crippen LogP contribution in [0.5, 0.6) is 17.2 Å². The number of cyclic esters (lactones) is 1. The normalized spacial score (nSPS) is 14.1. The third kappa shape index (κ3) is 5.20. The van der Waals surface area contributed by atoms with Gasteiger partial charge in [-0.1, -0.05) is 24.3 Å². The van der Waals surface area contributed by atoms with Crippen LogP contribution in [0, 0.1) is 5.82 Å². The first-order valence-corrected chi connectivity index (χ1v) is 10.4. The minimum absolute atomic E-state index is 0.0610. The lowest BCUT2D eigenvalue weighted by Gasteiger charge is -2.12. The highest BCUT2D eigenvalue weighted by Gasteiger charge is 2.24. The SMILES string of the molecule is CCOc1ccc(C2=N/C(=C\c3ccc(OCc4ccccc4F)c(OC)c3)C(=O)O2)cc1. The molecule has 0 aliphatic carbocycles. The van der Waals surface area contributed by atoms with E-state index in [4.69, 9.17) is 18.9 Å². The number of aliphatic imine (C=N–C) groups is 1. The van der Waals surface area contributed by atoms with E-state index in [9.17, 15) is 9.18 Å². The Morgan fingerprint density at radius 3 is 2.52 bits per heavy atom. The maximum absolute atomic E-state index is 13.8. The van der Waals surface area contributed by atoms with Crippen LogP contribution in [0.25, 0.3) is 6.08 Å². The van der Waals surface area contributed by atoms with Crippen LogP contribution < -0.4 is 14.2 Å². The number of benzene rings is 3. The number of ether oxygens (including phenoxy) is 4. The van der Waals surface area contributed by atoms with Crippen molar-refractivity contribution in [1.29, 1.82) is 0 Å². The van der Waals surface area contributed by atoms with Crippen molar-refractivity contribution in [1.82, 2.24) is 0 Å². The molecule has 3 aromatic rings. The molecule has 4 rings (SSSR count). The Morgan fingerprint density at radius 2 is 1.79 bits per heavy atom. The number of methoxy groups -OCH3 is 1. The van der Waals surface area contributed by atoms with Crippen LogP contribution >= 0.6 is 0 Å². The molecule has 6 nitrogen and oxygen atoms in total. The van der Waals surface area contributed by atoms with E-state index in [0.29, 0.717) is 34.8 Å². The average Bonchev–Trinajstić information content (AvgIpc) is 3.19. The van der Waals surface area contributed by atoms with Crippen LogP contribution in [0.1, 0.15) is 23.6 Å². The summed E-state index contributed by atoms with van der Waals surface area (Å²) in [5.41, 5.74) is 1.95. The largest absolute Gasteiger partial charge is 0.494 e. The molecule has 0 bridgehead atoms. The summed E-state index contributed by atoms with van der Waals surface area (Å²) in [7, 11) is 1.51. The lowest BCUT2D eigenvalue weighted by Crippen LogP contribution is -2.05. The van der Waals surface area contributed by atoms with Gasteiger partial charge in [0.25, 0.3) is 0 Å². The van der Waals surface area contributed by atoms with E-state index < -0.39 is 5.97 Å².